The lowest BCUT2D eigenvalue weighted by Gasteiger charge is -2.23. The highest BCUT2D eigenvalue weighted by Crippen LogP contribution is 2.19. The summed E-state index contributed by atoms with van der Waals surface area (Å²) in [4.78, 5) is 12.1. The number of hydrogen-bond donors (Lipinski definition) is 1. The summed E-state index contributed by atoms with van der Waals surface area (Å²) in [5.74, 6) is -0.405. The van der Waals surface area contributed by atoms with Crippen molar-refractivity contribution in [3.63, 3.8) is 0 Å². The Hall–Kier alpha value is -1.46. The average molecular weight is 323 g/mol. The van der Waals surface area contributed by atoms with Crippen molar-refractivity contribution in [3.8, 4) is 0 Å². The Morgan fingerprint density at radius 1 is 1.32 bits per heavy atom. The van der Waals surface area contributed by atoms with Crippen molar-refractivity contribution in [1.82, 2.24) is 4.72 Å². The molecule has 122 valence electrons. The second-order valence-corrected chi connectivity index (χ2v) is 7.98. The lowest BCUT2D eigenvalue weighted by molar-refractivity contribution is -0.144. The molecular formula is C17H25NO3S. The first-order valence-corrected chi connectivity index (χ1v) is 8.48. The molecule has 0 spiro atoms. The highest BCUT2D eigenvalue weighted by molar-refractivity contribution is 7.84. The van der Waals surface area contributed by atoms with Gasteiger partial charge >= 0.3 is 5.97 Å². The van der Waals surface area contributed by atoms with E-state index in [1.54, 1.807) is 6.92 Å². The molecule has 5 heteroatoms. The zero-order valence-corrected chi connectivity index (χ0v) is 14.5. The molecule has 1 aromatic carbocycles. The number of carbonyl (C=O) groups is 1. The number of benzene rings is 1. The van der Waals surface area contributed by atoms with E-state index in [4.69, 9.17) is 4.74 Å². The molecule has 0 saturated heterocycles. The number of ether oxygens (including phenoxy) is 1. The molecule has 0 fully saturated rings. The van der Waals surface area contributed by atoms with E-state index in [9.17, 15) is 9.00 Å². The van der Waals surface area contributed by atoms with Crippen molar-refractivity contribution >= 4 is 22.5 Å². The highest BCUT2D eigenvalue weighted by Gasteiger charge is 2.28. The van der Waals surface area contributed by atoms with Gasteiger partial charge in [0, 0.05) is 0 Å². The number of esters is 1. The second kappa shape index (κ2) is 8.25. The van der Waals surface area contributed by atoms with Gasteiger partial charge in [0.05, 0.1) is 22.3 Å². The third-order valence-corrected chi connectivity index (χ3v) is 4.62. The summed E-state index contributed by atoms with van der Waals surface area (Å²) < 4.78 is 19.8. The normalized spacial score (nSPS) is 14.2. The molecule has 1 aromatic rings. The molecule has 0 radical (unpaired) electrons. The van der Waals surface area contributed by atoms with Gasteiger partial charge in [0.1, 0.15) is 6.04 Å². The summed E-state index contributed by atoms with van der Waals surface area (Å²) in [5.41, 5.74) is 1.76. The SMILES string of the molecule is C=C(C[C@H](N[S@@](=O)C(C)(C)C)C(=O)OCC)c1ccccc1. The summed E-state index contributed by atoms with van der Waals surface area (Å²) in [6, 6.07) is 8.96. The number of hydrogen-bond acceptors (Lipinski definition) is 3. The van der Waals surface area contributed by atoms with Crippen LogP contribution in [0, 0.1) is 0 Å². The van der Waals surface area contributed by atoms with Crippen LogP contribution in [-0.4, -0.2) is 27.6 Å². The van der Waals surface area contributed by atoms with Crippen molar-refractivity contribution in [1.29, 1.82) is 0 Å². The van der Waals surface area contributed by atoms with Gasteiger partial charge in [-0.3, -0.25) is 4.79 Å². The van der Waals surface area contributed by atoms with Gasteiger partial charge < -0.3 is 4.74 Å². The zero-order chi connectivity index (χ0) is 16.8. The van der Waals surface area contributed by atoms with Gasteiger partial charge in [0.15, 0.2) is 0 Å². The zero-order valence-electron chi connectivity index (χ0n) is 13.7. The maximum absolute atomic E-state index is 12.3. The fourth-order valence-corrected chi connectivity index (χ4v) is 2.55. The third kappa shape index (κ3) is 5.73. The highest BCUT2D eigenvalue weighted by atomic mass is 32.2. The molecule has 0 aliphatic rings. The van der Waals surface area contributed by atoms with Crippen LogP contribution in [0.25, 0.3) is 5.57 Å². The van der Waals surface area contributed by atoms with Gasteiger partial charge in [0.25, 0.3) is 0 Å². The van der Waals surface area contributed by atoms with Gasteiger partial charge in [-0.15, -0.1) is 0 Å². The van der Waals surface area contributed by atoms with E-state index in [2.05, 4.69) is 11.3 Å². The molecule has 0 bridgehead atoms. The van der Waals surface area contributed by atoms with Crippen LogP contribution in [0.15, 0.2) is 36.9 Å². The van der Waals surface area contributed by atoms with Crippen LogP contribution in [0.3, 0.4) is 0 Å². The van der Waals surface area contributed by atoms with Crippen LogP contribution in [0.4, 0.5) is 0 Å². The third-order valence-electron chi connectivity index (χ3n) is 3.01. The lowest BCUT2D eigenvalue weighted by Crippen LogP contribution is -2.44. The molecule has 0 aromatic heterocycles. The summed E-state index contributed by atoms with van der Waals surface area (Å²) in [6.45, 7) is 11.6. The molecule has 0 heterocycles. The van der Waals surface area contributed by atoms with Crippen molar-refractivity contribution < 1.29 is 13.7 Å². The van der Waals surface area contributed by atoms with Crippen LogP contribution in [0.2, 0.25) is 0 Å². The first-order valence-electron chi connectivity index (χ1n) is 7.33. The quantitative estimate of drug-likeness (QED) is 0.785. The van der Waals surface area contributed by atoms with E-state index < -0.39 is 27.7 Å². The van der Waals surface area contributed by atoms with Crippen LogP contribution in [-0.2, 0) is 20.5 Å². The summed E-state index contributed by atoms with van der Waals surface area (Å²) in [5, 5.41) is 0. The van der Waals surface area contributed by atoms with E-state index >= 15 is 0 Å². The van der Waals surface area contributed by atoms with Gasteiger partial charge in [-0.2, -0.15) is 0 Å². The van der Waals surface area contributed by atoms with E-state index in [0.29, 0.717) is 6.42 Å². The monoisotopic (exact) mass is 323 g/mol. The minimum atomic E-state index is -1.36. The average Bonchev–Trinajstić information content (AvgIpc) is 2.46. The largest absolute Gasteiger partial charge is 0.465 e. The molecular weight excluding hydrogens is 298 g/mol. The Labute approximate surface area is 135 Å². The minimum Gasteiger partial charge on any atom is -0.465 e. The van der Waals surface area contributed by atoms with Crippen LogP contribution < -0.4 is 4.72 Å². The van der Waals surface area contributed by atoms with Crippen molar-refractivity contribution in [2.75, 3.05) is 6.61 Å². The summed E-state index contributed by atoms with van der Waals surface area (Å²) in [7, 11) is -1.36. The topological polar surface area (TPSA) is 55.4 Å². The molecule has 1 N–H and O–H groups in total. The standard InChI is InChI=1S/C17H25NO3S/c1-6-21-16(19)15(18-22(20)17(3,4)5)12-13(2)14-10-8-7-9-11-14/h7-11,15,18H,2,6,12H2,1,3-5H3/t15-,22-/m0/s1. The Bertz CT molecular complexity index is 535. The lowest BCUT2D eigenvalue weighted by atomic mass is 10.0. The fraction of sp³-hybridized carbons (Fsp3) is 0.471. The van der Waals surface area contributed by atoms with Gasteiger partial charge in [0.2, 0.25) is 0 Å². The smallest absolute Gasteiger partial charge is 0.324 e. The summed E-state index contributed by atoms with van der Waals surface area (Å²) >= 11 is 0. The first-order chi connectivity index (χ1) is 10.3. The number of rotatable bonds is 7. The number of nitrogens with one attached hydrogen (secondary N) is 1. The van der Waals surface area contributed by atoms with Crippen molar-refractivity contribution in [2.24, 2.45) is 0 Å². The van der Waals surface area contributed by atoms with Gasteiger partial charge in [-0.1, -0.05) is 36.9 Å². The van der Waals surface area contributed by atoms with E-state index in [0.717, 1.165) is 11.1 Å². The molecule has 0 unspecified atom stereocenters. The first kappa shape index (κ1) is 18.6. The predicted molar refractivity (Wildman–Crippen MR) is 91.5 cm³/mol. The minimum absolute atomic E-state index is 0.289. The van der Waals surface area contributed by atoms with E-state index in [1.165, 1.54) is 0 Å². The van der Waals surface area contributed by atoms with Gasteiger partial charge in [-0.05, 0) is 45.3 Å². The molecule has 1 rings (SSSR count). The summed E-state index contributed by atoms with van der Waals surface area (Å²) in [6.07, 6.45) is 0.352. The Morgan fingerprint density at radius 2 is 1.91 bits per heavy atom. The molecule has 0 aliphatic heterocycles. The molecule has 2 atom stereocenters. The van der Waals surface area contributed by atoms with Crippen LogP contribution in [0.5, 0.6) is 0 Å². The van der Waals surface area contributed by atoms with Crippen LogP contribution in [0.1, 0.15) is 39.7 Å². The van der Waals surface area contributed by atoms with Crippen LogP contribution >= 0.6 is 0 Å². The molecule has 4 nitrogen and oxygen atoms in total. The maximum atomic E-state index is 12.3. The fourth-order valence-electron chi connectivity index (χ4n) is 1.76. The predicted octanol–water partition coefficient (Wildman–Crippen LogP) is 3.07. The Morgan fingerprint density at radius 3 is 2.41 bits per heavy atom. The molecule has 0 aliphatic carbocycles. The van der Waals surface area contributed by atoms with Gasteiger partial charge in [-0.25, -0.2) is 8.93 Å². The van der Waals surface area contributed by atoms with E-state index in [-0.39, 0.29) is 6.61 Å². The van der Waals surface area contributed by atoms with Crippen molar-refractivity contribution in [3.05, 3.63) is 42.5 Å². The molecule has 22 heavy (non-hydrogen) atoms. The maximum Gasteiger partial charge on any atom is 0.324 e. The second-order valence-electron chi connectivity index (χ2n) is 5.98. The van der Waals surface area contributed by atoms with E-state index in [1.807, 2.05) is 51.1 Å². The molecule has 0 amide bonds. The Kier molecular flexibility index (Phi) is 6.97. The Balaban J connectivity index is 2.85. The molecule has 0 saturated carbocycles. The van der Waals surface area contributed by atoms with Crippen molar-refractivity contribution in [2.45, 2.75) is 44.9 Å². The number of carbonyl (C=O) groups excluding carboxylic acids is 1.